The van der Waals surface area contributed by atoms with Crippen LogP contribution in [0.15, 0.2) is 176 Å². The monoisotopic (exact) mass is 802 g/mol. The zero-order valence-corrected chi connectivity index (χ0v) is 37.2. The number of nitrogens with one attached hydrogen (secondary N) is 1. The molecule has 0 unspecified atom stereocenters. The van der Waals surface area contributed by atoms with Crippen molar-refractivity contribution in [3.8, 4) is 33.4 Å². The number of anilines is 5. The van der Waals surface area contributed by atoms with Gasteiger partial charge in [0.1, 0.15) is 0 Å². The average molecular weight is 803 g/mol. The first-order valence-corrected chi connectivity index (χ1v) is 22.3. The molecule has 2 nitrogen and oxygen atoms in total. The Bertz CT molecular complexity index is 3090. The topological polar surface area (TPSA) is 15.3 Å². The van der Waals surface area contributed by atoms with Crippen LogP contribution >= 0.6 is 0 Å². The molecule has 0 bridgehead atoms. The Kier molecular flexibility index (Phi) is 8.29. The molecule has 2 heteroatoms. The minimum atomic E-state index is -0.282. The summed E-state index contributed by atoms with van der Waals surface area (Å²) in [6, 6.07) is 66.0. The third kappa shape index (κ3) is 5.55. The highest BCUT2D eigenvalue weighted by Crippen LogP contribution is 2.56. The van der Waals surface area contributed by atoms with Crippen LogP contribution in [0.25, 0.3) is 33.4 Å². The van der Waals surface area contributed by atoms with E-state index in [2.05, 4.69) is 242 Å². The lowest BCUT2D eigenvalue weighted by Crippen LogP contribution is -2.30. The van der Waals surface area contributed by atoms with E-state index in [0.29, 0.717) is 0 Å². The molecule has 2 aliphatic carbocycles. The molecule has 0 radical (unpaired) electrons. The molecule has 0 fully saturated rings. The standard InChI is InChI=1S/C60H54N2/c1-57(2,40-18-10-9-11-19-40)52-34-38(26-32-54(52)61-41-28-30-45-43-20-12-14-22-47(43)58(3,4)50(45)36-41)39-27-33-56-53(35-39)60(7,8)49-24-16-17-25-55(49)62(56)42-29-31-46-44-21-13-15-23-48(44)59(5,6)51(46)37-42/h9-37,61H,1-8H3. The van der Waals surface area contributed by atoms with E-state index in [1.165, 1.54) is 95.0 Å². The first-order valence-electron chi connectivity index (χ1n) is 22.3. The Labute approximate surface area is 368 Å². The summed E-state index contributed by atoms with van der Waals surface area (Å²) in [5.41, 5.74) is 23.8. The molecule has 1 aliphatic heterocycles. The van der Waals surface area contributed by atoms with Crippen molar-refractivity contribution in [2.45, 2.75) is 77.0 Å². The summed E-state index contributed by atoms with van der Waals surface area (Å²) in [5, 5.41) is 3.94. The second-order valence-electron chi connectivity index (χ2n) is 19.9. The molecule has 0 saturated carbocycles. The number of hydrogen-bond donors (Lipinski definition) is 1. The van der Waals surface area contributed by atoms with Gasteiger partial charge in [0.05, 0.1) is 11.4 Å². The maximum atomic E-state index is 3.94. The molecular formula is C60H54N2. The van der Waals surface area contributed by atoms with Crippen LogP contribution in [-0.2, 0) is 21.7 Å². The number of rotatable bonds is 6. The average Bonchev–Trinajstić information content (AvgIpc) is 3.65. The molecular weight excluding hydrogens is 749 g/mol. The minimum Gasteiger partial charge on any atom is -0.355 e. The molecule has 0 saturated heterocycles. The first kappa shape index (κ1) is 38.3. The third-order valence-electron chi connectivity index (χ3n) is 14.9. The van der Waals surface area contributed by atoms with E-state index in [0.717, 1.165) is 11.4 Å². The smallest absolute Gasteiger partial charge is 0.0503 e. The number of fused-ring (bicyclic) bond motifs is 8. The SMILES string of the molecule is CC(C)(c1ccccc1)c1cc(-c2ccc3c(c2)C(C)(C)c2ccccc2N3c2ccc3c(c2)C(C)(C)c2ccccc2-3)ccc1Nc1ccc2c(c1)C(C)(C)c1ccccc1-2. The van der Waals surface area contributed by atoms with Gasteiger partial charge in [-0.1, -0.05) is 177 Å². The normalized spacial score (nSPS) is 15.8. The van der Waals surface area contributed by atoms with E-state index in [4.69, 9.17) is 0 Å². The molecule has 1 heterocycles. The molecule has 1 N–H and O–H groups in total. The largest absolute Gasteiger partial charge is 0.355 e. The fraction of sp³-hybridized carbons (Fsp3) is 0.200. The van der Waals surface area contributed by atoms with Crippen molar-refractivity contribution in [1.29, 1.82) is 0 Å². The van der Waals surface area contributed by atoms with Crippen molar-refractivity contribution in [2.24, 2.45) is 0 Å². The van der Waals surface area contributed by atoms with Gasteiger partial charge in [0, 0.05) is 38.7 Å². The molecule has 11 rings (SSSR count). The van der Waals surface area contributed by atoms with Gasteiger partial charge < -0.3 is 10.2 Å². The Morgan fingerprint density at radius 2 is 0.919 bits per heavy atom. The Hall–Kier alpha value is -6.64. The summed E-state index contributed by atoms with van der Waals surface area (Å²) < 4.78 is 0. The van der Waals surface area contributed by atoms with E-state index >= 15 is 0 Å². The lowest BCUT2D eigenvalue weighted by atomic mass is 9.72. The van der Waals surface area contributed by atoms with Crippen LogP contribution in [0.3, 0.4) is 0 Å². The maximum absolute atomic E-state index is 3.94. The van der Waals surface area contributed by atoms with Crippen molar-refractivity contribution < 1.29 is 0 Å². The van der Waals surface area contributed by atoms with Gasteiger partial charge in [-0.25, -0.2) is 0 Å². The van der Waals surface area contributed by atoms with Gasteiger partial charge in [0.15, 0.2) is 0 Å². The summed E-state index contributed by atoms with van der Waals surface area (Å²) >= 11 is 0. The van der Waals surface area contributed by atoms with Crippen LogP contribution in [0.5, 0.6) is 0 Å². The van der Waals surface area contributed by atoms with Gasteiger partial charge in [-0.15, -0.1) is 0 Å². The predicted molar refractivity (Wildman–Crippen MR) is 262 cm³/mol. The molecule has 0 spiro atoms. The van der Waals surface area contributed by atoms with E-state index < -0.39 is 0 Å². The quantitative estimate of drug-likeness (QED) is 0.180. The molecule has 0 aromatic heterocycles. The molecule has 62 heavy (non-hydrogen) atoms. The van der Waals surface area contributed by atoms with Crippen molar-refractivity contribution in [3.05, 3.63) is 220 Å². The Morgan fingerprint density at radius 1 is 0.403 bits per heavy atom. The fourth-order valence-corrected chi connectivity index (χ4v) is 11.3. The summed E-state index contributed by atoms with van der Waals surface area (Å²) in [6.07, 6.45) is 0. The lowest BCUT2D eigenvalue weighted by Gasteiger charge is -2.42. The highest BCUT2D eigenvalue weighted by molar-refractivity contribution is 5.91. The number of benzene rings is 8. The van der Waals surface area contributed by atoms with E-state index in [9.17, 15) is 0 Å². The van der Waals surface area contributed by atoms with Gasteiger partial charge in [-0.3, -0.25) is 0 Å². The van der Waals surface area contributed by atoms with Crippen LogP contribution in [0, 0.1) is 0 Å². The second-order valence-corrected chi connectivity index (χ2v) is 19.9. The van der Waals surface area contributed by atoms with Crippen molar-refractivity contribution in [3.63, 3.8) is 0 Å². The second kappa shape index (κ2) is 13.4. The van der Waals surface area contributed by atoms with Crippen molar-refractivity contribution >= 4 is 28.4 Å². The van der Waals surface area contributed by atoms with Gasteiger partial charge in [-0.05, 0) is 132 Å². The Balaban J connectivity index is 1.02. The van der Waals surface area contributed by atoms with E-state index in [-0.39, 0.29) is 21.7 Å². The Morgan fingerprint density at radius 3 is 1.61 bits per heavy atom. The summed E-state index contributed by atoms with van der Waals surface area (Å²) in [6.45, 7) is 18.9. The highest BCUT2D eigenvalue weighted by Gasteiger charge is 2.40. The highest BCUT2D eigenvalue weighted by atomic mass is 15.2. The third-order valence-corrected chi connectivity index (χ3v) is 14.9. The number of hydrogen-bond acceptors (Lipinski definition) is 2. The molecule has 0 amide bonds. The molecule has 8 aromatic rings. The van der Waals surface area contributed by atoms with Gasteiger partial charge >= 0.3 is 0 Å². The lowest BCUT2D eigenvalue weighted by molar-refractivity contribution is 0.631. The minimum absolute atomic E-state index is 0.0705. The first-order chi connectivity index (χ1) is 29.8. The zero-order valence-electron chi connectivity index (χ0n) is 37.2. The summed E-state index contributed by atoms with van der Waals surface area (Å²) in [5.74, 6) is 0. The van der Waals surface area contributed by atoms with Crippen LogP contribution in [0.2, 0.25) is 0 Å². The summed E-state index contributed by atoms with van der Waals surface area (Å²) in [7, 11) is 0. The van der Waals surface area contributed by atoms with Gasteiger partial charge in [0.2, 0.25) is 0 Å². The van der Waals surface area contributed by atoms with Gasteiger partial charge in [-0.2, -0.15) is 0 Å². The van der Waals surface area contributed by atoms with Crippen molar-refractivity contribution in [2.75, 3.05) is 10.2 Å². The van der Waals surface area contributed by atoms with Crippen LogP contribution in [0.1, 0.15) is 99.9 Å². The van der Waals surface area contributed by atoms with E-state index in [1.54, 1.807) is 0 Å². The number of nitrogens with zero attached hydrogens (tertiary/aromatic N) is 1. The molecule has 304 valence electrons. The van der Waals surface area contributed by atoms with Crippen LogP contribution in [-0.4, -0.2) is 0 Å². The maximum Gasteiger partial charge on any atom is 0.0503 e. The van der Waals surface area contributed by atoms with Crippen LogP contribution < -0.4 is 10.2 Å². The number of para-hydroxylation sites is 1. The summed E-state index contributed by atoms with van der Waals surface area (Å²) in [4.78, 5) is 2.51. The zero-order chi connectivity index (χ0) is 42.8. The molecule has 3 aliphatic rings. The predicted octanol–water partition coefficient (Wildman–Crippen LogP) is 16.1. The van der Waals surface area contributed by atoms with Gasteiger partial charge in [0.25, 0.3) is 0 Å². The molecule has 8 aromatic carbocycles. The fourth-order valence-electron chi connectivity index (χ4n) is 11.3. The van der Waals surface area contributed by atoms with Crippen molar-refractivity contribution in [1.82, 2.24) is 0 Å². The van der Waals surface area contributed by atoms with Crippen LogP contribution in [0.4, 0.5) is 28.4 Å². The molecule has 0 atom stereocenters. The van der Waals surface area contributed by atoms with E-state index in [1.807, 2.05) is 0 Å².